The van der Waals surface area contributed by atoms with Gasteiger partial charge in [-0.1, -0.05) is 11.6 Å². The predicted octanol–water partition coefficient (Wildman–Crippen LogP) is 2.51. The van der Waals surface area contributed by atoms with Crippen molar-refractivity contribution in [2.45, 2.75) is 18.9 Å². The molecule has 3 N–H and O–H groups in total. The van der Waals surface area contributed by atoms with Crippen LogP contribution >= 0.6 is 11.6 Å². The van der Waals surface area contributed by atoms with Gasteiger partial charge in [0.05, 0.1) is 24.4 Å². The molecular formula is C13H21ClN2O2. The number of nitrogens with two attached hydrogens (primary N) is 1. The second-order valence-electron chi connectivity index (χ2n) is 4.07. The van der Waals surface area contributed by atoms with E-state index in [0.29, 0.717) is 18.2 Å². The van der Waals surface area contributed by atoms with Crippen LogP contribution in [-0.4, -0.2) is 33.4 Å². The van der Waals surface area contributed by atoms with Crippen molar-refractivity contribution in [3.8, 4) is 5.75 Å². The molecule has 0 saturated heterocycles. The van der Waals surface area contributed by atoms with E-state index < -0.39 is 0 Å². The lowest BCUT2D eigenvalue weighted by molar-refractivity contribution is 0.182. The highest BCUT2D eigenvalue weighted by Crippen LogP contribution is 2.27. The fraction of sp³-hybridized carbons (Fsp3) is 0.538. The second-order valence-corrected chi connectivity index (χ2v) is 4.48. The van der Waals surface area contributed by atoms with E-state index in [-0.39, 0.29) is 6.04 Å². The fourth-order valence-corrected chi connectivity index (χ4v) is 1.90. The Morgan fingerprint density at radius 1 is 1.39 bits per heavy atom. The third-order valence-electron chi connectivity index (χ3n) is 2.66. The summed E-state index contributed by atoms with van der Waals surface area (Å²) in [6.07, 6.45) is 1.89. The molecule has 0 fully saturated rings. The SMILES string of the molecule is COCC(CCCN)Nc1cc(OC)ccc1Cl. The smallest absolute Gasteiger partial charge is 0.121 e. The monoisotopic (exact) mass is 272 g/mol. The van der Waals surface area contributed by atoms with Crippen molar-refractivity contribution in [2.75, 3.05) is 32.7 Å². The number of methoxy groups -OCH3 is 2. The van der Waals surface area contributed by atoms with E-state index in [1.165, 1.54) is 0 Å². The molecule has 1 aromatic carbocycles. The molecule has 0 aliphatic heterocycles. The Bertz CT molecular complexity index is 361. The van der Waals surface area contributed by atoms with Gasteiger partial charge in [-0.3, -0.25) is 0 Å². The zero-order chi connectivity index (χ0) is 13.4. The van der Waals surface area contributed by atoms with Crippen LogP contribution in [0, 0.1) is 0 Å². The summed E-state index contributed by atoms with van der Waals surface area (Å²) in [5, 5.41) is 4.04. The highest BCUT2D eigenvalue weighted by Gasteiger charge is 2.10. The highest BCUT2D eigenvalue weighted by molar-refractivity contribution is 6.33. The number of hydrogen-bond acceptors (Lipinski definition) is 4. The molecule has 1 rings (SSSR count). The first-order valence-corrected chi connectivity index (χ1v) is 6.38. The van der Waals surface area contributed by atoms with E-state index >= 15 is 0 Å². The average molecular weight is 273 g/mol. The molecule has 0 radical (unpaired) electrons. The minimum atomic E-state index is 0.197. The Hall–Kier alpha value is -0.970. The minimum absolute atomic E-state index is 0.197. The zero-order valence-corrected chi connectivity index (χ0v) is 11.7. The third-order valence-corrected chi connectivity index (χ3v) is 2.99. The number of benzene rings is 1. The number of rotatable bonds is 8. The molecule has 0 heterocycles. The molecular weight excluding hydrogens is 252 g/mol. The lowest BCUT2D eigenvalue weighted by Crippen LogP contribution is -2.26. The first-order chi connectivity index (χ1) is 8.71. The summed E-state index contributed by atoms with van der Waals surface area (Å²) in [5.41, 5.74) is 6.38. The molecule has 18 heavy (non-hydrogen) atoms. The number of halogens is 1. The first kappa shape index (κ1) is 15.1. The summed E-state index contributed by atoms with van der Waals surface area (Å²) in [6, 6.07) is 5.73. The van der Waals surface area contributed by atoms with Crippen molar-refractivity contribution in [1.29, 1.82) is 0 Å². The number of ether oxygens (including phenoxy) is 2. The zero-order valence-electron chi connectivity index (χ0n) is 10.9. The van der Waals surface area contributed by atoms with E-state index in [1.54, 1.807) is 14.2 Å². The van der Waals surface area contributed by atoms with Crippen LogP contribution in [0.1, 0.15) is 12.8 Å². The lowest BCUT2D eigenvalue weighted by Gasteiger charge is -2.20. The molecule has 0 spiro atoms. The number of hydrogen-bond donors (Lipinski definition) is 2. The van der Waals surface area contributed by atoms with Crippen LogP contribution in [0.5, 0.6) is 5.75 Å². The molecule has 1 unspecified atom stereocenters. The topological polar surface area (TPSA) is 56.5 Å². The van der Waals surface area contributed by atoms with Crippen LogP contribution in [0.4, 0.5) is 5.69 Å². The van der Waals surface area contributed by atoms with Gasteiger partial charge in [0.25, 0.3) is 0 Å². The molecule has 0 saturated carbocycles. The molecule has 5 heteroatoms. The summed E-state index contributed by atoms with van der Waals surface area (Å²) >= 11 is 6.15. The molecule has 1 atom stereocenters. The Kier molecular flexibility index (Phi) is 6.86. The standard InChI is InChI=1S/C13H21ClN2O2/c1-17-9-10(4-3-7-15)16-13-8-11(18-2)5-6-12(13)14/h5-6,8,10,16H,3-4,7,9,15H2,1-2H3. The Morgan fingerprint density at radius 3 is 2.78 bits per heavy atom. The van der Waals surface area contributed by atoms with E-state index in [2.05, 4.69) is 5.32 Å². The molecule has 1 aromatic rings. The Morgan fingerprint density at radius 2 is 2.17 bits per heavy atom. The predicted molar refractivity (Wildman–Crippen MR) is 75.6 cm³/mol. The van der Waals surface area contributed by atoms with Gasteiger partial charge >= 0.3 is 0 Å². The summed E-state index contributed by atoms with van der Waals surface area (Å²) in [5.74, 6) is 0.775. The van der Waals surface area contributed by atoms with Crippen LogP contribution < -0.4 is 15.8 Å². The molecule has 0 amide bonds. The molecule has 0 aliphatic rings. The number of anilines is 1. The van der Waals surface area contributed by atoms with Gasteiger partial charge in [0, 0.05) is 19.2 Å². The second kappa shape index (κ2) is 8.19. The van der Waals surface area contributed by atoms with Crippen LogP contribution in [0.3, 0.4) is 0 Å². The maximum atomic E-state index is 6.15. The number of nitrogens with one attached hydrogen (secondary N) is 1. The van der Waals surface area contributed by atoms with E-state index in [4.69, 9.17) is 26.8 Å². The summed E-state index contributed by atoms with van der Waals surface area (Å²) in [4.78, 5) is 0. The molecule has 102 valence electrons. The van der Waals surface area contributed by atoms with Gasteiger partial charge in [-0.25, -0.2) is 0 Å². The van der Waals surface area contributed by atoms with Crippen LogP contribution in [-0.2, 0) is 4.74 Å². The quantitative estimate of drug-likeness (QED) is 0.764. The fourth-order valence-electron chi connectivity index (χ4n) is 1.72. The van der Waals surface area contributed by atoms with Gasteiger partial charge in [0.15, 0.2) is 0 Å². The Balaban J connectivity index is 2.72. The maximum Gasteiger partial charge on any atom is 0.121 e. The molecule has 0 aliphatic carbocycles. The van der Waals surface area contributed by atoms with E-state index in [0.717, 1.165) is 24.3 Å². The summed E-state index contributed by atoms with van der Waals surface area (Å²) < 4.78 is 10.4. The Labute approximate surface area is 113 Å². The molecule has 0 aromatic heterocycles. The maximum absolute atomic E-state index is 6.15. The van der Waals surface area contributed by atoms with Gasteiger partial charge in [-0.2, -0.15) is 0 Å². The van der Waals surface area contributed by atoms with Crippen LogP contribution in [0.25, 0.3) is 0 Å². The normalized spacial score (nSPS) is 12.2. The van der Waals surface area contributed by atoms with Gasteiger partial charge in [-0.05, 0) is 31.5 Å². The van der Waals surface area contributed by atoms with Gasteiger partial charge in [0.1, 0.15) is 5.75 Å². The van der Waals surface area contributed by atoms with Crippen molar-refractivity contribution >= 4 is 17.3 Å². The minimum Gasteiger partial charge on any atom is -0.497 e. The van der Waals surface area contributed by atoms with Crippen molar-refractivity contribution in [2.24, 2.45) is 5.73 Å². The third kappa shape index (κ3) is 4.72. The van der Waals surface area contributed by atoms with Gasteiger partial charge in [-0.15, -0.1) is 0 Å². The lowest BCUT2D eigenvalue weighted by atomic mass is 10.1. The van der Waals surface area contributed by atoms with Gasteiger partial charge in [0.2, 0.25) is 0 Å². The highest BCUT2D eigenvalue weighted by atomic mass is 35.5. The van der Waals surface area contributed by atoms with Crippen molar-refractivity contribution in [1.82, 2.24) is 0 Å². The van der Waals surface area contributed by atoms with Gasteiger partial charge < -0.3 is 20.5 Å². The first-order valence-electron chi connectivity index (χ1n) is 6.00. The molecule has 4 nitrogen and oxygen atoms in total. The van der Waals surface area contributed by atoms with Crippen molar-refractivity contribution in [3.05, 3.63) is 23.2 Å². The van der Waals surface area contributed by atoms with E-state index in [1.807, 2.05) is 18.2 Å². The van der Waals surface area contributed by atoms with E-state index in [9.17, 15) is 0 Å². The molecule has 0 bridgehead atoms. The van der Waals surface area contributed by atoms with Crippen molar-refractivity contribution in [3.63, 3.8) is 0 Å². The summed E-state index contributed by atoms with van der Waals surface area (Å²) in [6.45, 7) is 1.29. The summed E-state index contributed by atoms with van der Waals surface area (Å²) in [7, 11) is 3.32. The van der Waals surface area contributed by atoms with Crippen LogP contribution in [0.15, 0.2) is 18.2 Å². The average Bonchev–Trinajstić information content (AvgIpc) is 2.38. The van der Waals surface area contributed by atoms with Crippen molar-refractivity contribution < 1.29 is 9.47 Å². The van der Waals surface area contributed by atoms with Crippen LogP contribution in [0.2, 0.25) is 5.02 Å². The largest absolute Gasteiger partial charge is 0.497 e.